The number of rotatable bonds is 9. The summed E-state index contributed by atoms with van der Waals surface area (Å²) in [5, 5.41) is 0. The van der Waals surface area contributed by atoms with Crippen LogP contribution in [0.5, 0.6) is 0 Å². The number of carbonyl (C=O) groups is 2. The molecule has 1 heterocycles. The van der Waals surface area contributed by atoms with Crippen molar-refractivity contribution in [2.24, 2.45) is 0 Å². The Kier molecular flexibility index (Phi) is 8.23. The lowest BCUT2D eigenvalue weighted by Crippen LogP contribution is -2.45. The molecular weight excluding hydrogens is 416 g/mol. The maximum Gasteiger partial charge on any atom is 0.254 e. The van der Waals surface area contributed by atoms with Crippen LogP contribution in [0.3, 0.4) is 0 Å². The molecule has 168 valence electrons. The fraction of sp³-hybridized carbons (Fsp3) is 0.333. The van der Waals surface area contributed by atoms with Crippen LogP contribution < -0.4 is 0 Å². The van der Waals surface area contributed by atoms with Gasteiger partial charge in [0.2, 0.25) is 5.91 Å². The first-order valence-corrected chi connectivity index (χ1v) is 12.0. The third kappa shape index (κ3) is 6.30. The molecule has 0 bridgehead atoms. The molecular formula is C27H32N2O2S. The Morgan fingerprint density at radius 3 is 2.12 bits per heavy atom. The van der Waals surface area contributed by atoms with E-state index in [-0.39, 0.29) is 24.4 Å². The zero-order chi connectivity index (χ0) is 23.1. The lowest BCUT2D eigenvalue weighted by atomic mass is 10.1. The van der Waals surface area contributed by atoms with E-state index >= 15 is 0 Å². The summed E-state index contributed by atoms with van der Waals surface area (Å²) in [6.07, 6.45) is 0.928. The molecule has 2 aromatic carbocycles. The molecule has 0 saturated heterocycles. The van der Waals surface area contributed by atoms with Gasteiger partial charge < -0.3 is 9.80 Å². The third-order valence-corrected chi connectivity index (χ3v) is 6.50. The van der Waals surface area contributed by atoms with Gasteiger partial charge >= 0.3 is 0 Å². The first-order chi connectivity index (χ1) is 15.4. The van der Waals surface area contributed by atoms with Crippen molar-refractivity contribution in [3.63, 3.8) is 0 Å². The molecule has 4 nitrogen and oxygen atoms in total. The predicted octanol–water partition coefficient (Wildman–Crippen LogP) is 5.70. The highest BCUT2D eigenvalue weighted by Gasteiger charge is 2.25. The first-order valence-electron chi connectivity index (χ1n) is 11.1. The SMILES string of the molecule is CCc1ccc(C(=O)N(CC(=O)N(Cc2ccccc2)Cc2ccc(C)s2)C(C)C)cc1. The Hall–Kier alpha value is -2.92. The van der Waals surface area contributed by atoms with Gasteiger partial charge in [0.15, 0.2) is 0 Å². The van der Waals surface area contributed by atoms with E-state index in [0.29, 0.717) is 18.7 Å². The topological polar surface area (TPSA) is 40.6 Å². The zero-order valence-electron chi connectivity index (χ0n) is 19.4. The van der Waals surface area contributed by atoms with E-state index in [1.807, 2.05) is 73.3 Å². The molecule has 0 aliphatic rings. The predicted molar refractivity (Wildman–Crippen MR) is 132 cm³/mol. The average Bonchev–Trinajstić information content (AvgIpc) is 3.21. The number of aryl methyl sites for hydroxylation is 2. The fourth-order valence-corrected chi connectivity index (χ4v) is 4.48. The quantitative estimate of drug-likeness (QED) is 0.421. The molecule has 0 N–H and O–H groups in total. The number of hydrogen-bond acceptors (Lipinski definition) is 3. The number of nitrogens with zero attached hydrogens (tertiary/aromatic N) is 2. The summed E-state index contributed by atoms with van der Waals surface area (Å²) in [6.45, 7) is 9.18. The zero-order valence-corrected chi connectivity index (χ0v) is 20.2. The summed E-state index contributed by atoms with van der Waals surface area (Å²) in [5.74, 6) is -0.158. The molecule has 32 heavy (non-hydrogen) atoms. The lowest BCUT2D eigenvalue weighted by molar-refractivity contribution is -0.133. The number of benzene rings is 2. The first kappa shape index (κ1) is 23.7. The van der Waals surface area contributed by atoms with Crippen LogP contribution in [-0.2, 0) is 24.3 Å². The van der Waals surface area contributed by atoms with E-state index in [4.69, 9.17) is 0 Å². The summed E-state index contributed by atoms with van der Waals surface area (Å²) in [5.41, 5.74) is 2.88. The molecule has 2 amide bonds. The van der Waals surface area contributed by atoms with Gasteiger partial charge in [-0.1, -0.05) is 49.4 Å². The highest BCUT2D eigenvalue weighted by atomic mass is 32.1. The van der Waals surface area contributed by atoms with E-state index in [1.165, 1.54) is 10.4 Å². The Balaban J connectivity index is 1.79. The molecule has 0 atom stereocenters. The maximum absolute atomic E-state index is 13.4. The van der Waals surface area contributed by atoms with Gasteiger partial charge in [-0.05, 0) is 62.6 Å². The summed E-state index contributed by atoms with van der Waals surface area (Å²) >= 11 is 1.70. The molecule has 0 unspecified atom stereocenters. The smallest absolute Gasteiger partial charge is 0.254 e. The number of hydrogen-bond donors (Lipinski definition) is 0. The van der Waals surface area contributed by atoms with E-state index in [1.54, 1.807) is 16.2 Å². The van der Waals surface area contributed by atoms with Crippen LogP contribution in [0.2, 0.25) is 0 Å². The number of carbonyl (C=O) groups excluding carboxylic acids is 2. The molecule has 3 rings (SSSR count). The van der Waals surface area contributed by atoms with Crippen LogP contribution in [-0.4, -0.2) is 34.2 Å². The highest BCUT2D eigenvalue weighted by Crippen LogP contribution is 2.19. The summed E-state index contributed by atoms with van der Waals surface area (Å²) in [7, 11) is 0. The van der Waals surface area contributed by atoms with E-state index in [9.17, 15) is 9.59 Å². The van der Waals surface area contributed by atoms with Crippen molar-refractivity contribution in [2.75, 3.05) is 6.54 Å². The molecule has 0 aliphatic carbocycles. The van der Waals surface area contributed by atoms with Crippen molar-refractivity contribution < 1.29 is 9.59 Å². The maximum atomic E-state index is 13.4. The standard InChI is InChI=1S/C27H32N2O2S/c1-5-22-12-14-24(15-13-22)27(31)29(20(2)3)19-26(30)28(17-23-9-7-6-8-10-23)18-25-16-11-21(4)32-25/h6-16,20H,5,17-19H2,1-4H3. The van der Waals surface area contributed by atoms with Gasteiger partial charge in [-0.15, -0.1) is 11.3 Å². The second-order valence-corrected chi connectivity index (χ2v) is 9.70. The Labute approximate surface area is 195 Å². The van der Waals surface area contributed by atoms with Crippen LogP contribution >= 0.6 is 11.3 Å². The van der Waals surface area contributed by atoms with Crippen LogP contribution in [0, 0.1) is 6.92 Å². The minimum absolute atomic E-state index is 0.0489. The van der Waals surface area contributed by atoms with Crippen molar-refractivity contribution in [1.82, 2.24) is 9.80 Å². The minimum Gasteiger partial charge on any atom is -0.332 e. The molecule has 0 saturated carbocycles. The van der Waals surface area contributed by atoms with Crippen LogP contribution in [0.15, 0.2) is 66.7 Å². The van der Waals surface area contributed by atoms with Crippen molar-refractivity contribution in [1.29, 1.82) is 0 Å². The largest absolute Gasteiger partial charge is 0.332 e. The lowest BCUT2D eigenvalue weighted by Gasteiger charge is -2.30. The van der Waals surface area contributed by atoms with E-state index < -0.39 is 0 Å². The van der Waals surface area contributed by atoms with Crippen LogP contribution in [0.25, 0.3) is 0 Å². The van der Waals surface area contributed by atoms with Gasteiger partial charge in [0, 0.05) is 27.9 Å². The van der Waals surface area contributed by atoms with E-state index in [0.717, 1.165) is 16.9 Å². The summed E-state index contributed by atoms with van der Waals surface area (Å²) in [6, 6.07) is 21.7. The third-order valence-electron chi connectivity index (χ3n) is 5.51. The molecule has 0 spiro atoms. The van der Waals surface area contributed by atoms with Crippen molar-refractivity contribution >= 4 is 23.2 Å². The average molecular weight is 449 g/mol. The van der Waals surface area contributed by atoms with Crippen LogP contribution in [0.4, 0.5) is 0 Å². The number of amides is 2. The monoisotopic (exact) mass is 448 g/mol. The Bertz CT molecular complexity index is 1030. The van der Waals surface area contributed by atoms with Gasteiger partial charge in [-0.25, -0.2) is 0 Å². The summed E-state index contributed by atoms with van der Waals surface area (Å²) in [4.78, 5) is 32.6. The van der Waals surface area contributed by atoms with Gasteiger partial charge in [0.1, 0.15) is 6.54 Å². The van der Waals surface area contributed by atoms with Crippen molar-refractivity contribution in [3.05, 3.63) is 93.2 Å². The number of thiophene rings is 1. The molecule has 3 aromatic rings. The van der Waals surface area contributed by atoms with Gasteiger partial charge in [0.25, 0.3) is 5.91 Å². The van der Waals surface area contributed by atoms with Crippen molar-refractivity contribution in [2.45, 2.75) is 53.2 Å². The molecule has 1 aromatic heterocycles. The Morgan fingerprint density at radius 1 is 0.875 bits per heavy atom. The molecule has 0 fully saturated rings. The van der Waals surface area contributed by atoms with Crippen molar-refractivity contribution in [3.8, 4) is 0 Å². The molecule has 5 heteroatoms. The molecule has 0 aliphatic heterocycles. The van der Waals surface area contributed by atoms with Gasteiger partial charge in [-0.2, -0.15) is 0 Å². The second kappa shape index (κ2) is 11.1. The summed E-state index contributed by atoms with van der Waals surface area (Å²) < 4.78 is 0. The fourth-order valence-electron chi connectivity index (χ4n) is 3.58. The van der Waals surface area contributed by atoms with Gasteiger partial charge in [0.05, 0.1) is 6.54 Å². The minimum atomic E-state index is -0.109. The van der Waals surface area contributed by atoms with E-state index in [2.05, 4.69) is 26.0 Å². The van der Waals surface area contributed by atoms with Gasteiger partial charge in [-0.3, -0.25) is 9.59 Å². The second-order valence-electron chi connectivity index (χ2n) is 8.33. The van der Waals surface area contributed by atoms with Crippen LogP contribution in [0.1, 0.15) is 52.0 Å². The highest BCUT2D eigenvalue weighted by molar-refractivity contribution is 7.11. The normalized spacial score (nSPS) is 10.9. The Morgan fingerprint density at radius 2 is 1.56 bits per heavy atom. The molecule has 0 radical (unpaired) electrons.